The van der Waals surface area contributed by atoms with Gasteiger partial charge in [0.05, 0.1) is 12.0 Å². The number of Topliss-reactive ketones (excluding diaryl/α,β-unsaturated/α-hetero) is 1. The van der Waals surface area contributed by atoms with E-state index in [0.717, 1.165) is 22.4 Å². The van der Waals surface area contributed by atoms with Crippen LogP contribution in [0, 0.1) is 13.8 Å². The Labute approximate surface area is 176 Å². The summed E-state index contributed by atoms with van der Waals surface area (Å²) in [6.07, 6.45) is 2.97. The van der Waals surface area contributed by atoms with Crippen molar-refractivity contribution in [2.75, 3.05) is 13.1 Å². The van der Waals surface area contributed by atoms with Gasteiger partial charge in [-0.15, -0.1) is 0 Å². The van der Waals surface area contributed by atoms with Gasteiger partial charge < -0.3 is 9.64 Å². The molecule has 2 aromatic rings. The lowest BCUT2D eigenvalue weighted by Crippen LogP contribution is -2.52. The summed E-state index contributed by atoms with van der Waals surface area (Å²) in [6, 6.07) is 11.5. The zero-order chi connectivity index (χ0) is 20.6. The number of fused-ring (bicyclic) bond motifs is 1. The van der Waals surface area contributed by atoms with Crippen LogP contribution in [0.4, 0.5) is 0 Å². The molecule has 1 fully saturated rings. The Morgan fingerprint density at radius 1 is 1.10 bits per heavy atom. The molecular weight excluding hydrogens is 386 g/mol. The third-order valence-electron chi connectivity index (χ3n) is 6.35. The number of nitrogens with zero attached hydrogens (tertiary/aromatic N) is 1. The molecule has 152 valence electrons. The number of carbonyl (C=O) groups excluding carboxylic acids is 2. The van der Waals surface area contributed by atoms with Gasteiger partial charge in [0.2, 0.25) is 5.91 Å². The van der Waals surface area contributed by atoms with E-state index in [9.17, 15) is 9.59 Å². The number of hydrogen-bond acceptors (Lipinski definition) is 3. The number of ether oxygens (including phenoxy) is 1. The lowest BCUT2D eigenvalue weighted by molar-refractivity contribution is -0.134. The molecule has 1 spiro atoms. The van der Waals surface area contributed by atoms with Crippen molar-refractivity contribution in [1.82, 2.24) is 4.90 Å². The fourth-order valence-corrected chi connectivity index (χ4v) is 4.41. The topological polar surface area (TPSA) is 46.6 Å². The number of benzene rings is 2. The average molecular weight is 412 g/mol. The molecule has 0 N–H and O–H groups in total. The zero-order valence-corrected chi connectivity index (χ0v) is 17.7. The molecule has 4 rings (SSSR count). The largest absolute Gasteiger partial charge is 0.486 e. The number of rotatable bonds is 3. The van der Waals surface area contributed by atoms with Gasteiger partial charge in [-0.05, 0) is 55.2 Å². The summed E-state index contributed by atoms with van der Waals surface area (Å²) < 4.78 is 6.44. The highest BCUT2D eigenvalue weighted by Crippen LogP contribution is 2.41. The van der Waals surface area contributed by atoms with Gasteiger partial charge in [-0.25, -0.2) is 0 Å². The summed E-state index contributed by atoms with van der Waals surface area (Å²) in [7, 11) is 0. The molecule has 29 heavy (non-hydrogen) atoms. The van der Waals surface area contributed by atoms with Crippen molar-refractivity contribution < 1.29 is 14.3 Å². The predicted octanol–water partition coefficient (Wildman–Crippen LogP) is 4.92. The maximum absolute atomic E-state index is 12.8. The average Bonchev–Trinajstić information content (AvgIpc) is 2.71. The molecule has 0 radical (unpaired) electrons. The van der Waals surface area contributed by atoms with Gasteiger partial charge >= 0.3 is 0 Å². The van der Waals surface area contributed by atoms with Crippen LogP contribution < -0.4 is 4.74 Å². The number of amides is 1. The molecule has 4 nitrogen and oxygen atoms in total. The van der Waals surface area contributed by atoms with Gasteiger partial charge in [-0.2, -0.15) is 0 Å². The maximum Gasteiger partial charge on any atom is 0.222 e. The van der Waals surface area contributed by atoms with E-state index in [1.807, 2.05) is 55.1 Å². The molecule has 5 heteroatoms. The molecule has 0 aliphatic carbocycles. The SMILES string of the molecule is Cc1ccc2c(c1C)OC1(CCN(C(=O)CCc3ccc(Cl)cc3)CC1)CC2=O. The lowest BCUT2D eigenvalue weighted by Gasteiger charge is -2.44. The second-order valence-corrected chi connectivity index (χ2v) is 8.71. The number of carbonyl (C=O) groups is 2. The number of likely N-dealkylation sites (tertiary alicyclic amines) is 1. The maximum atomic E-state index is 12.8. The van der Waals surface area contributed by atoms with Crippen molar-refractivity contribution in [2.45, 2.75) is 51.6 Å². The molecule has 1 saturated heterocycles. The van der Waals surface area contributed by atoms with Crippen molar-refractivity contribution in [3.63, 3.8) is 0 Å². The van der Waals surface area contributed by atoms with E-state index in [-0.39, 0.29) is 11.7 Å². The Kier molecular flexibility index (Phi) is 5.39. The quantitative estimate of drug-likeness (QED) is 0.720. The molecule has 2 aliphatic heterocycles. The standard InChI is InChI=1S/C24H26ClNO3/c1-16-3-9-20-21(27)15-24(29-23(20)17(16)2)11-13-26(14-12-24)22(28)10-6-18-4-7-19(25)8-5-18/h3-5,7-9H,6,10-15H2,1-2H3. The molecule has 0 saturated carbocycles. The van der Waals surface area contributed by atoms with Crippen LogP contribution in [0.2, 0.25) is 5.02 Å². The summed E-state index contributed by atoms with van der Waals surface area (Å²) in [5, 5.41) is 0.704. The summed E-state index contributed by atoms with van der Waals surface area (Å²) >= 11 is 5.92. The minimum Gasteiger partial charge on any atom is -0.486 e. The predicted molar refractivity (Wildman–Crippen MR) is 114 cm³/mol. The molecule has 1 amide bonds. The zero-order valence-electron chi connectivity index (χ0n) is 17.0. The molecule has 0 bridgehead atoms. The van der Waals surface area contributed by atoms with Gasteiger partial charge in [0.25, 0.3) is 0 Å². The van der Waals surface area contributed by atoms with Crippen LogP contribution in [0.1, 0.15) is 52.7 Å². The summed E-state index contributed by atoms with van der Waals surface area (Å²) in [4.78, 5) is 27.3. The Bertz CT molecular complexity index is 943. The van der Waals surface area contributed by atoms with E-state index in [1.165, 1.54) is 0 Å². The van der Waals surface area contributed by atoms with E-state index in [2.05, 4.69) is 0 Å². The number of halogens is 1. The molecule has 0 unspecified atom stereocenters. The molecular formula is C24H26ClNO3. The fourth-order valence-electron chi connectivity index (χ4n) is 4.28. The van der Waals surface area contributed by atoms with Gasteiger partial charge in [-0.1, -0.05) is 29.8 Å². The van der Waals surface area contributed by atoms with Crippen LogP contribution in [0.3, 0.4) is 0 Å². The van der Waals surface area contributed by atoms with Crippen LogP contribution in [0.25, 0.3) is 0 Å². The Hall–Kier alpha value is -2.33. The number of piperidine rings is 1. The van der Waals surface area contributed by atoms with Crippen molar-refractivity contribution in [3.8, 4) is 5.75 Å². The van der Waals surface area contributed by atoms with Crippen molar-refractivity contribution >= 4 is 23.3 Å². The highest BCUT2D eigenvalue weighted by atomic mass is 35.5. The van der Waals surface area contributed by atoms with Gasteiger partial charge in [0, 0.05) is 37.4 Å². The van der Waals surface area contributed by atoms with E-state index in [0.29, 0.717) is 55.8 Å². The minimum atomic E-state index is -0.477. The van der Waals surface area contributed by atoms with E-state index in [4.69, 9.17) is 16.3 Å². The molecule has 2 aliphatic rings. The lowest BCUT2D eigenvalue weighted by atomic mass is 9.81. The molecule has 2 aromatic carbocycles. The van der Waals surface area contributed by atoms with Crippen LogP contribution >= 0.6 is 11.6 Å². The first-order valence-corrected chi connectivity index (χ1v) is 10.6. The molecule has 0 aromatic heterocycles. The third kappa shape index (κ3) is 4.04. The molecule has 0 atom stereocenters. The highest BCUT2D eigenvalue weighted by molar-refractivity contribution is 6.30. The Balaban J connectivity index is 1.38. The smallest absolute Gasteiger partial charge is 0.222 e. The minimum absolute atomic E-state index is 0.150. The van der Waals surface area contributed by atoms with Crippen molar-refractivity contribution in [3.05, 3.63) is 63.7 Å². The molecule has 2 heterocycles. The summed E-state index contributed by atoms with van der Waals surface area (Å²) in [6.45, 7) is 5.31. The van der Waals surface area contributed by atoms with Crippen LogP contribution in [-0.2, 0) is 11.2 Å². The van der Waals surface area contributed by atoms with Crippen LogP contribution in [0.5, 0.6) is 5.75 Å². The van der Waals surface area contributed by atoms with Crippen molar-refractivity contribution in [1.29, 1.82) is 0 Å². The van der Waals surface area contributed by atoms with Crippen molar-refractivity contribution in [2.24, 2.45) is 0 Å². The first-order chi connectivity index (χ1) is 13.9. The van der Waals surface area contributed by atoms with Crippen LogP contribution in [-0.4, -0.2) is 35.3 Å². The summed E-state index contributed by atoms with van der Waals surface area (Å²) in [5.41, 5.74) is 3.50. The first kappa shape index (κ1) is 20.0. The number of aryl methyl sites for hydroxylation is 2. The Morgan fingerprint density at radius 2 is 1.79 bits per heavy atom. The van der Waals surface area contributed by atoms with E-state index >= 15 is 0 Å². The highest BCUT2D eigenvalue weighted by Gasteiger charge is 2.44. The Morgan fingerprint density at radius 3 is 2.48 bits per heavy atom. The number of ketones is 1. The third-order valence-corrected chi connectivity index (χ3v) is 6.60. The summed E-state index contributed by atoms with van der Waals surface area (Å²) in [5.74, 6) is 1.05. The fraction of sp³-hybridized carbons (Fsp3) is 0.417. The van der Waals surface area contributed by atoms with E-state index in [1.54, 1.807) is 0 Å². The first-order valence-electron chi connectivity index (χ1n) is 10.2. The van der Waals surface area contributed by atoms with E-state index < -0.39 is 5.60 Å². The van der Waals surface area contributed by atoms with Gasteiger partial charge in [0.1, 0.15) is 11.4 Å². The van der Waals surface area contributed by atoms with Gasteiger partial charge in [-0.3, -0.25) is 9.59 Å². The second-order valence-electron chi connectivity index (χ2n) is 8.28. The second kappa shape index (κ2) is 7.83. The van der Waals surface area contributed by atoms with Crippen LogP contribution in [0.15, 0.2) is 36.4 Å². The normalized spacial score (nSPS) is 17.8. The number of hydrogen-bond donors (Lipinski definition) is 0. The van der Waals surface area contributed by atoms with Gasteiger partial charge in [0.15, 0.2) is 5.78 Å². The monoisotopic (exact) mass is 411 g/mol.